The lowest BCUT2D eigenvalue weighted by Gasteiger charge is -2.34. The van der Waals surface area contributed by atoms with Crippen LogP contribution in [0.15, 0.2) is 48.5 Å². The molecule has 0 atom stereocenters. The predicted molar refractivity (Wildman–Crippen MR) is 195 cm³/mol. The quantitative estimate of drug-likeness (QED) is 0.155. The van der Waals surface area contributed by atoms with Crippen LogP contribution in [-0.2, 0) is 40.3 Å². The van der Waals surface area contributed by atoms with E-state index in [4.69, 9.17) is 15.5 Å². The maximum atomic E-state index is 13.9. The number of hydrogen-bond acceptors (Lipinski definition) is 8. The number of anilines is 1. The summed E-state index contributed by atoms with van der Waals surface area (Å²) in [5.41, 5.74) is 10.0. The van der Waals surface area contributed by atoms with Gasteiger partial charge in [0.1, 0.15) is 16.9 Å². The molecular weight excluding hydrogens is 634 g/mol. The van der Waals surface area contributed by atoms with Gasteiger partial charge in [0.05, 0.1) is 24.0 Å². The predicted octanol–water partition coefficient (Wildman–Crippen LogP) is 5.54. The molecule has 1 fully saturated rings. The highest BCUT2D eigenvalue weighted by atomic mass is 16.6. The second-order valence-corrected chi connectivity index (χ2v) is 14.2. The average Bonchev–Trinajstić information content (AvgIpc) is 3.43. The molecule has 0 saturated carbocycles. The number of carboxylic acids is 1. The smallest absolute Gasteiger partial charge is 0.407 e. The van der Waals surface area contributed by atoms with Crippen molar-refractivity contribution in [1.82, 2.24) is 29.7 Å². The molecule has 1 saturated heterocycles. The fourth-order valence-electron chi connectivity index (χ4n) is 6.54. The molecule has 2 aromatic heterocycles. The topological polar surface area (TPSA) is 156 Å². The second-order valence-electron chi connectivity index (χ2n) is 14.2. The van der Waals surface area contributed by atoms with E-state index >= 15 is 0 Å². The number of amides is 2. The summed E-state index contributed by atoms with van der Waals surface area (Å²) in [6.45, 7) is 10.9. The molecular formula is C38H51N7O5. The first-order valence-corrected chi connectivity index (χ1v) is 17.7. The molecule has 2 amide bonds. The Kier molecular flexibility index (Phi) is 11.9. The minimum atomic E-state index is -0.879. The molecule has 4 N–H and O–H groups in total. The Morgan fingerprint density at radius 2 is 1.72 bits per heavy atom. The van der Waals surface area contributed by atoms with Crippen LogP contribution in [0.2, 0.25) is 0 Å². The van der Waals surface area contributed by atoms with E-state index in [1.54, 1.807) is 0 Å². The Balaban J connectivity index is 1.30. The van der Waals surface area contributed by atoms with Crippen LogP contribution in [0.1, 0.15) is 76.8 Å². The number of likely N-dealkylation sites (tertiary alicyclic amines) is 1. The summed E-state index contributed by atoms with van der Waals surface area (Å²) in [6.07, 6.45) is 4.57. The van der Waals surface area contributed by atoms with E-state index in [1.807, 2.05) is 68.1 Å². The minimum absolute atomic E-state index is 0.00356. The fraction of sp³-hybridized carbons (Fsp3) is 0.500. The fourth-order valence-corrected chi connectivity index (χ4v) is 6.54. The van der Waals surface area contributed by atoms with Gasteiger partial charge in [-0.25, -0.2) is 14.8 Å². The second kappa shape index (κ2) is 16.3. The number of nitrogens with one attached hydrogen (secondary N) is 1. The number of pyridine rings is 1. The first-order chi connectivity index (χ1) is 23.9. The molecule has 0 bridgehead atoms. The number of carboxylic acid groups (broad SMARTS) is 1. The molecule has 2 aromatic carbocycles. The number of imidazole rings is 1. The number of ether oxygens (including phenoxy) is 1. The maximum absolute atomic E-state index is 13.9. The highest BCUT2D eigenvalue weighted by Gasteiger charge is 2.26. The summed E-state index contributed by atoms with van der Waals surface area (Å²) in [5.74, 6) is 0.541. The van der Waals surface area contributed by atoms with Gasteiger partial charge in [0, 0.05) is 50.6 Å². The van der Waals surface area contributed by atoms with E-state index in [9.17, 15) is 19.5 Å². The Bertz CT molecular complexity index is 1790. The zero-order chi connectivity index (χ0) is 35.8. The number of nitrogens with zero attached hydrogens (tertiary/aromatic N) is 5. The third kappa shape index (κ3) is 9.71. The van der Waals surface area contributed by atoms with Gasteiger partial charge in [-0.1, -0.05) is 55.8 Å². The van der Waals surface area contributed by atoms with Crippen LogP contribution in [0, 0.1) is 0 Å². The van der Waals surface area contributed by atoms with Gasteiger partial charge in [0.25, 0.3) is 0 Å². The number of unbranched alkanes of at least 4 members (excludes halogenated alkanes) is 1. The molecule has 0 aliphatic carbocycles. The Labute approximate surface area is 294 Å². The van der Waals surface area contributed by atoms with Crippen LogP contribution in [-0.4, -0.2) is 85.2 Å². The Morgan fingerprint density at radius 1 is 1.02 bits per heavy atom. The molecule has 12 nitrogen and oxygen atoms in total. The SMILES string of the molecule is CCCCc1nc2c(N)nc3ccccc3c2n1CCCN(Cc1ccc(CC(=O)O)cc1)C(=O)CN1CCC(NC(=O)OC(C)(C)C)CC1. The van der Waals surface area contributed by atoms with E-state index in [0.717, 1.165) is 65.5 Å². The van der Waals surface area contributed by atoms with Crippen molar-refractivity contribution in [2.45, 2.75) is 97.4 Å². The number of aromatic nitrogens is 3. The van der Waals surface area contributed by atoms with Crippen LogP contribution >= 0.6 is 0 Å². The molecule has 3 heterocycles. The average molecular weight is 686 g/mol. The number of nitrogen functional groups attached to an aromatic ring is 1. The molecule has 0 radical (unpaired) electrons. The summed E-state index contributed by atoms with van der Waals surface area (Å²) in [5, 5.41) is 13.2. The molecule has 0 unspecified atom stereocenters. The molecule has 5 rings (SSSR count). The van der Waals surface area contributed by atoms with Crippen molar-refractivity contribution in [3.63, 3.8) is 0 Å². The number of rotatable bonds is 14. The number of benzene rings is 2. The number of carbonyl (C=O) groups excluding carboxylic acids is 2. The van der Waals surface area contributed by atoms with Gasteiger partial charge in [0.15, 0.2) is 5.82 Å². The summed E-state index contributed by atoms with van der Waals surface area (Å²) in [4.78, 5) is 51.1. The largest absolute Gasteiger partial charge is 0.481 e. The van der Waals surface area contributed by atoms with Gasteiger partial charge in [0.2, 0.25) is 5.91 Å². The monoisotopic (exact) mass is 685 g/mol. The van der Waals surface area contributed by atoms with Crippen LogP contribution in [0.4, 0.5) is 10.6 Å². The van der Waals surface area contributed by atoms with Crippen LogP contribution < -0.4 is 11.1 Å². The first-order valence-electron chi connectivity index (χ1n) is 17.7. The van der Waals surface area contributed by atoms with Crippen molar-refractivity contribution in [3.8, 4) is 0 Å². The van der Waals surface area contributed by atoms with Crippen molar-refractivity contribution in [2.75, 3.05) is 31.9 Å². The van der Waals surface area contributed by atoms with E-state index < -0.39 is 17.7 Å². The number of hydrogen-bond donors (Lipinski definition) is 3. The standard InChI is InChI=1S/C38H51N7O5/c1-5-6-12-31-42-34-35(29-10-7-8-11-30(29)41-36(34)39)45(31)20-9-19-44(24-27-15-13-26(14-16-27)23-33(47)48)32(46)25-43-21-17-28(18-22-43)40-37(49)50-38(2,3)4/h7-8,10-11,13-16,28H,5-6,9,12,17-25H2,1-4H3,(H2,39,41)(H,40,49)(H,47,48). The first kappa shape index (κ1) is 36.6. The number of fused-ring (bicyclic) bond motifs is 3. The van der Waals surface area contributed by atoms with Gasteiger partial charge in [-0.05, 0) is 63.6 Å². The van der Waals surface area contributed by atoms with Gasteiger partial charge >= 0.3 is 12.1 Å². The van der Waals surface area contributed by atoms with Crippen molar-refractivity contribution in [2.24, 2.45) is 0 Å². The van der Waals surface area contributed by atoms with Crippen LogP contribution in [0.25, 0.3) is 21.9 Å². The van der Waals surface area contributed by atoms with E-state index in [2.05, 4.69) is 32.8 Å². The summed E-state index contributed by atoms with van der Waals surface area (Å²) in [6, 6.07) is 15.4. The number of piperidine rings is 1. The lowest BCUT2D eigenvalue weighted by molar-refractivity contribution is -0.136. The molecule has 4 aromatic rings. The van der Waals surface area contributed by atoms with Gasteiger partial charge in [-0.15, -0.1) is 0 Å². The summed E-state index contributed by atoms with van der Waals surface area (Å²) < 4.78 is 7.68. The molecule has 1 aliphatic rings. The number of aryl methyl sites for hydroxylation is 2. The zero-order valence-corrected chi connectivity index (χ0v) is 29.8. The number of aliphatic carboxylic acids is 1. The number of alkyl carbamates (subject to hydrolysis) is 1. The third-order valence-corrected chi connectivity index (χ3v) is 9.02. The van der Waals surface area contributed by atoms with Crippen molar-refractivity contribution < 1.29 is 24.2 Å². The number of carbonyl (C=O) groups is 3. The van der Waals surface area contributed by atoms with E-state index in [-0.39, 0.29) is 24.9 Å². The lowest BCUT2D eigenvalue weighted by atomic mass is 10.1. The lowest BCUT2D eigenvalue weighted by Crippen LogP contribution is -2.48. The molecule has 12 heteroatoms. The summed E-state index contributed by atoms with van der Waals surface area (Å²) >= 11 is 0. The van der Waals surface area contributed by atoms with E-state index in [1.165, 1.54) is 0 Å². The molecule has 1 aliphatic heterocycles. The zero-order valence-electron chi connectivity index (χ0n) is 29.8. The number of nitrogens with two attached hydrogens (primary N) is 1. The van der Waals surface area contributed by atoms with Gasteiger partial charge in [-0.3, -0.25) is 14.5 Å². The normalized spacial score (nSPS) is 14.2. The number of para-hydroxylation sites is 1. The third-order valence-electron chi connectivity index (χ3n) is 9.02. The Hall–Kier alpha value is -4.71. The highest BCUT2D eigenvalue weighted by Crippen LogP contribution is 2.29. The van der Waals surface area contributed by atoms with Gasteiger partial charge in [-0.2, -0.15) is 0 Å². The molecule has 50 heavy (non-hydrogen) atoms. The van der Waals surface area contributed by atoms with Crippen molar-refractivity contribution in [1.29, 1.82) is 0 Å². The van der Waals surface area contributed by atoms with E-state index in [0.29, 0.717) is 50.5 Å². The Morgan fingerprint density at radius 3 is 2.40 bits per heavy atom. The molecule has 268 valence electrons. The minimum Gasteiger partial charge on any atom is -0.481 e. The van der Waals surface area contributed by atoms with Crippen molar-refractivity contribution >= 4 is 45.7 Å². The van der Waals surface area contributed by atoms with Crippen LogP contribution in [0.3, 0.4) is 0 Å². The molecule has 0 spiro atoms. The maximum Gasteiger partial charge on any atom is 0.407 e. The highest BCUT2D eigenvalue weighted by molar-refractivity contribution is 6.06. The summed E-state index contributed by atoms with van der Waals surface area (Å²) in [7, 11) is 0. The van der Waals surface area contributed by atoms with Crippen LogP contribution in [0.5, 0.6) is 0 Å². The van der Waals surface area contributed by atoms with Crippen molar-refractivity contribution in [3.05, 3.63) is 65.5 Å². The van der Waals surface area contributed by atoms with Gasteiger partial charge < -0.3 is 30.4 Å².